The molecule has 2 nitrogen and oxygen atoms in total. The third kappa shape index (κ3) is 5.64. The van der Waals surface area contributed by atoms with Crippen LogP contribution in [0, 0.1) is 0 Å². The number of halogens is 2. The summed E-state index contributed by atoms with van der Waals surface area (Å²) in [5.74, 6) is 2.00. The maximum absolute atomic E-state index is 12.9. The average molecular weight is 416 g/mol. The highest BCUT2D eigenvalue weighted by molar-refractivity contribution is 7.99. The quantitative estimate of drug-likeness (QED) is 0.377. The van der Waals surface area contributed by atoms with Gasteiger partial charge < -0.3 is 4.90 Å². The zero-order valence-corrected chi connectivity index (χ0v) is 18.4. The molecule has 0 unspecified atom stereocenters. The fraction of sp³-hybridized carbons (Fsp3) is 0.667. The molecule has 5 heteroatoms. The summed E-state index contributed by atoms with van der Waals surface area (Å²) in [4.78, 5) is 15.5. The number of ketones is 1. The van der Waals surface area contributed by atoms with Crippen LogP contribution in [0.1, 0.15) is 57.9 Å². The Morgan fingerprint density at radius 1 is 1.12 bits per heavy atom. The molecule has 1 aliphatic carbocycles. The fourth-order valence-electron chi connectivity index (χ4n) is 3.71. The van der Waals surface area contributed by atoms with Crippen LogP contribution in [0.15, 0.2) is 18.2 Å². The minimum atomic E-state index is -0.322. The Kier molecular flexibility index (Phi) is 9.29. The van der Waals surface area contributed by atoms with Gasteiger partial charge in [0.1, 0.15) is 0 Å². The molecule has 2 rings (SSSR count). The number of Topliss-reactive ketones (excluding diaryl/α,β-unsaturated/α-hetero) is 1. The third-order valence-corrected chi connectivity index (χ3v) is 7.07. The smallest absolute Gasteiger partial charge is 0.153 e. The van der Waals surface area contributed by atoms with Crippen molar-refractivity contribution in [2.75, 3.05) is 31.1 Å². The molecule has 1 aromatic rings. The molecule has 0 saturated heterocycles. The molecule has 0 amide bonds. The second-order valence-electron chi connectivity index (χ2n) is 7.24. The molecule has 0 aromatic heterocycles. The first-order chi connectivity index (χ1) is 12.5. The Morgan fingerprint density at radius 3 is 2.35 bits per heavy atom. The van der Waals surface area contributed by atoms with Crippen LogP contribution in [0.25, 0.3) is 0 Å². The predicted molar refractivity (Wildman–Crippen MR) is 116 cm³/mol. The maximum Gasteiger partial charge on any atom is 0.153 e. The van der Waals surface area contributed by atoms with Gasteiger partial charge >= 0.3 is 0 Å². The van der Waals surface area contributed by atoms with Gasteiger partial charge in [-0.1, -0.05) is 49.5 Å². The first-order valence-corrected chi connectivity index (χ1v) is 11.7. The average Bonchev–Trinajstić information content (AvgIpc) is 2.57. The number of hydrogen-bond acceptors (Lipinski definition) is 3. The van der Waals surface area contributed by atoms with Crippen LogP contribution in [-0.2, 0) is 10.2 Å². The largest absolute Gasteiger partial charge is 0.303 e. The van der Waals surface area contributed by atoms with Gasteiger partial charge in [0.05, 0.1) is 21.2 Å². The minimum Gasteiger partial charge on any atom is -0.303 e. The molecule has 0 atom stereocenters. The van der Waals surface area contributed by atoms with Crippen molar-refractivity contribution in [2.45, 2.75) is 57.8 Å². The number of thioether (sulfide) groups is 1. The summed E-state index contributed by atoms with van der Waals surface area (Å²) in [5.41, 5.74) is 0.721. The molecule has 0 heterocycles. The Bertz CT molecular complexity index is 583. The van der Waals surface area contributed by atoms with Crippen molar-refractivity contribution < 1.29 is 4.79 Å². The van der Waals surface area contributed by atoms with E-state index in [1.807, 2.05) is 18.2 Å². The first-order valence-electron chi connectivity index (χ1n) is 9.82. The van der Waals surface area contributed by atoms with Gasteiger partial charge in [-0.05, 0) is 75.2 Å². The molecule has 1 aliphatic rings. The summed E-state index contributed by atoms with van der Waals surface area (Å²) in [6.07, 6.45) is 6.54. The molecule has 0 N–H and O–H groups in total. The van der Waals surface area contributed by atoms with Crippen molar-refractivity contribution in [3.05, 3.63) is 33.8 Å². The molecular weight excluding hydrogens is 385 g/mol. The Morgan fingerprint density at radius 2 is 1.81 bits per heavy atom. The summed E-state index contributed by atoms with van der Waals surface area (Å²) in [5, 5.41) is 1.10. The molecular formula is C21H31Cl2NOS. The second-order valence-corrected chi connectivity index (χ2v) is 9.16. The van der Waals surface area contributed by atoms with E-state index in [-0.39, 0.29) is 5.41 Å². The topological polar surface area (TPSA) is 20.3 Å². The molecule has 0 aliphatic heterocycles. The summed E-state index contributed by atoms with van der Waals surface area (Å²) < 4.78 is 0. The molecule has 0 bridgehead atoms. The van der Waals surface area contributed by atoms with Crippen molar-refractivity contribution in [1.82, 2.24) is 4.90 Å². The van der Waals surface area contributed by atoms with Crippen molar-refractivity contribution in [3.8, 4) is 0 Å². The molecule has 0 radical (unpaired) electrons. The van der Waals surface area contributed by atoms with Crippen LogP contribution < -0.4 is 0 Å². The SMILES string of the molecule is CCCN(CCC)CCCSCC(=O)C1(c2ccc(Cl)c(Cl)c2)CCC1. The number of carbonyl (C=O) groups is 1. The number of hydrogen-bond donors (Lipinski definition) is 0. The molecule has 0 spiro atoms. The highest BCUT2D eigenvalue weighted by atomic mass is 35.5. The second kappa shape index (κ2) is 10.9. The lowest BCUT2D eigenvalue weighted by atomic mass is 9.62. The van der Waals surface area contributed by atoms with Crippen LogP contribution in [0.4, 0.5) is 0 Å². The normalized spacial score (nSPS) is 15.9. The van der Waals surface area contributed by atoms with E-state index in [0.29, 0.717) is 21.6 Å². The van der Waals surface area contributed by atoms with Gasteiger partial charge in [-0.15, -0.1) is 0 Å². The van der Waals surface area contributed by atoms with E-state index in [4.69, 9.17) is 23.2 Å². The van der Waals surface area contributed by atoms with E-state index in [0.717, 1.165) is 43.5 Å². The molecule has 1 saturated carbocycles. The molecule has 26 heavy (non-hydrogen) atoms. The lowest BCUT2D eigenvalue weighted by Gasteiger charge is -2.41. The third-order valence-electron chi connectivity index (χ3n) is 5.29. The molecule has 1 aromatic carbocycles. The minimum absolute atomic E-state index is 0.322. The zero-order chi connectivity index (χ0) is 19.0. The van der Waals surface area contributed by atoms with Gasteiger partial charge in [-0.3, -0.25) is 4.79 Å². The van der Waals surface area contributed by atoms with Gasteiger partial charge in [-0.25, -0.2) is 0 Å². The first kappa shape index (κ1) is 22.1. The van der Waals surface area contributed by atoms with E-state index in [1.165, 1.54) is 25.9 Å². The Balaban J connectivity index is 1.81. The van der Waals surface area contributed by atoms with E-state index in [9.17, 15) is 4.79 Å². The van der Waals surface area contributed by atoms with Gasteiger partial charge in [0, 0.05) is 0 Å². The van der Waals surface area contributed by atoms with Crippen molar-refractivity contribution >= 4 is 40.7 Å². The lowest BCUT2D eigenvalue weighted by Crippen LogP contribution is -2.43. The van der Waals surface area contributed by atoms with Crippen LogP contribution in [0.3, 0.4) is 0 Å². The lowest BCUT2D eigenvalue weighted by molar-refractivity contribution is -0.125. The van der Waals surface area contributed by atoms with Crippen LogP contribution in [0.2, 0.25) is 10.0 Å². The van der Waals surface area contributed by atoms with E-state index in [2.05, 4.69) is 18.7 Å². The monoisotopic (exact) mass is 415 g/mol. The molecule has 146 valence electrons. The summed E-state index contributed by atoms with van der Waals surface area (Å²) in [7, 11) is 0. The maximum atomic E-state index is 12.9. The van der Waals surface area contributed by atoms with Crippen molar-refractivity contribution in [3.63, 3.8) is 0 Å². The number of carbonyl (C=O) groups excluding carboxylic acids is 1. The van der Waals surface area contributed by atoms with E-state index in [1.54, 1.807) is 11.8 Å². The summed E-state index contributed by atoms with van der Waals surface area (Å²) in [6, 6.07) is 5.68. The zero-order valence-electron chi connectivity index (χ0n) is 16.0. The fourth-order valence-corrected chi connectivity index (χ4v) is 4.95. The van der Waals surface area contributed by atoms with Gasteiger partial charge in [0.25, 0.3) is 0 Å². The molecule has 1 fully saturated rings. The van der Waals surface area contributed by atoms with Crippen LogP contribution in [0.5, 0.6) is 0 Å². The van der Waals surface area contributed by atoms with Crippen molar-refractivity contribution in [1.29, 1.82) is 0 Å². The van der Waals surface area contributed by atoms with Crippen LogP contribution in [-0.4, -0.2) is 41.8 Å². The highest BCUT2D eigenvalue weighted by Crippen LogP contribution is 2.46. The number of rotatable bonds is 12. The standard InChI is InChI=1S/C21H31Cl2NOS/c1-3-11-24(12-4-2)13-6-14-26-16-20(25)21(9-5-10-21)17-7-8-18(22)19(23)15-17/h7-8,15H,3-6,9-14,16H2,1-2H3. The van der Waals surface area contributed by atoms with Gasteiger partial charge in [0.2, 0.25) is 0 Å². The summed E-state index contributed by atoms with van der Waals surface area (Å²) >= 11 is 14.0. The van der Waals surface area contributed by atoms with Crippen LogP contribution >= 0.6 is 35.0 Å². The summed E-state index contributed by atoms with van der Waals surface area (Å²) in [6.45, 7) is 7.96. The number of nitrogens with zero attached hydrogens (tertiary/aromatic N) is 1. The van der Waals surface area contributed by atoms with Gasteiger partial charge in [0.15, 0.2) is 5.78 Å². The highest BCUT2D eigenvalue weighted by Gasteiger charge is 2.44. The van der Waals surface area contributed by atoms with Gasteiger partial charge in [-0.2, -0.15) is 11.8 Å². The number of benzene rings is 1. The Labute approximate surface area is 173 Å². The van der Waals surface area contributed by atoms with Crippen molar-refractivity contribution in [2.24, 2.45) is 0 Å². The van der Waals surface area contributed by atoms with E-state index >= 15 is 0 Å². The Hall–Kier alpha value is -0.220. The van der Waals surface area contributed by atoms with E-state index < -0.39 is 0 Å². The predicted octanol–water partition coefficient (Wildman–Crippen LogP) is 6.23.